The molecular weight excluding hydrogens is 288 g/mol. The van der Waals surface area contributed by atoms with Gasteiger partial charge in [0.2, 0.25) is 10.0 Å². The minimum absolute atomic E-state index is 0.167. The van der Waals surface area contributed by atoms with Crippen LogP contribution >= 0.6 is 0 Å². The van der Waals surface area contributed by atoms with Crippen LogP contribution in [0.5, 0.6) is 0 Å². The van der Waals surface area contributed by atoms with Crippen molar-refractivity contribution < 1.29 is 8.42 Å². The summed E-state index contributed by atoms with van der Waals surface area (Å²) < 4.78 is 26.3. The van der Waals surface area contributed by atoms with Crippen molar-refractivity contribution in [1.29, 1.82) is 0 Å². The molecular formula is C14H20N4O2S. The highest BCUT2D eigenvalue weighted by molar-refractivity contribution is 7.89. The lowest BCUT2D eigenvalue weighted by Crippen LogP contribution is -2.28. The van der Waals surface area contributed by atoms with E-state index in [0.29, 0.717) is 6.54 Å². The van der Waals surface area contributed by atoms with E-state index in [4.69, 9.17) is 0 Å². The van der Waals surface area contributed by atoms with Crippen LogP contribution < -0.4 is 4.72 Å². The van der Waals surface area contributed by atoms with Crippen LogP contribution in [0.3, 0.4) is 0 Å². The Labute approximate surface area is 125 Å². The van der Waals surface area contributed by atoms with Gasteiger partial charge in [-0.15, -0.1) is 0 Å². The van der Waals surface area contributed by atoms with E-state index < -0.39 is 10.0 Å². The first-order valence-corrected chi connectivity index (χ1v) is 8.27. The van der Waals surface area contributed by atoms with Gasteiger partial charge in [0.05, 0.1) is 6.20 Å². The van der Waals surface area contributed by atoms with Crippen molar-refractivity contribution in [1.82, 2.24) is 19.8 Å². The molecule has 114 valence electrons. The van der Waals surface area contributed by atoms with Crippen molar-refractivity contribution in [2.45, 2.75) is 17.9 Å². The third-order valence-electron chi connectivity index (χ3n) is 3.09. The Balaban J connectivity index is 1.70. The van der Waals surface area contributed by atoms with E-state index in [2.05, 4.69) is 32.0 Å². The van der Waals surface area contributed by atoms with Crippen molar-refractivity contribution in [3.8, 4) is 0 Å². The molecule has 0 saturated carbocycles. The van der Waals surface area contributed by atoms with Crippen LogP contribution in [0.1, 0.15) is 12.0 Å². The molecule has 1 heterocycles. The van der Waals surface area contributed by atoms with Gasteiger partial charge in [-0.25, -0.2) is 13.1 Å². The number of rotatable bonds is 8. The number of nitrogens with one attached hydrogen (secondary N) is 2. The topological polar surface area (TPSA) is 78.1 Å². The highest BCUT2D eigenvalue weighted by Crippen LogP contribution is 2.05. The van der Waals surface area contributed by atoms with Gasteiger partial charge in [0.15, 0.2) is 0 Å². The van der Waals surface area contributed by atoms with Crippen LogP contribution in [0.15, 0.2) is 47.6 Å². The van der Waals surface area contributed by atoms with Gasteiger partial charge in [0.25, 0.3) is 0 Å². The summed E-state index contributed by atoms with van der Waals surface area (Å²) in [5.74, 6) is 0. The molecule has 0 atom stereocenters. The summed E-state index contributed by atoms with van der Waals surface area (Å²) in [4.78, 5) is 2.33. The van der Waals surface area contributed by atoms with E-state index >= 15 is 0 Å². The van der Waals surface area contributed by atoms with E-state index in [1.165, 1.54) is 18.0 Å². The molecule has 2 aromatic rings. The smallest absolute Gasteiger partial charge is 0.243 e. The number of aromatic nitrogens is 2. The molecule has 1 aromatic heterocycles. The van der Waals surface area contributed by atoms with Crippen LogP contribution in [-0.4, -0.2) is 43.7 Å². The monoisotopic (exact) mass is 308 g/mol. The first-order chi connectivity index (χ1) is 10.1. The number of aromatic amines is 1. The van der Waals surface area contributed by atoms with Crippen molar-refractivity contribution in [3.63, 3.8) is 0 Å². The summed E-state index contributed by atoms with van der Waals surface area (Å²) in [5.41, 5.74) is 1.25. The Morgan fingerprint density at radius 3 is 2.71 bits per heavy atom. The minimum atomic E-state index is -3.44. The molecule has 21 heavy (non-hydrogen) atoms. The van der Waals surface area contributed by atoms with Gasteiger partial charge in [-0.1, -0.05) is 30.3 Å². The zero-order valence-electron chi connectivity index (χ0n) is 12.0. The number of hydrogen-bond donors (Lipinski definition) is 2. The second kappa shape index (κ2) is 7.35. The van der Waals surface area contributed by atoms with Crippen LogP contribution in [0.25, 0.3) is 0 Å². The lowest BCUT2D eigenvalue weighted by Gasteiger charge is -2.16. The van der Waals surface area contributed by atoms with Crippen molar-refractivity contribution in [2.75, 3.05) is 20.1 Å². The minimum Gasteiger partial charge on any atom is -0.302 e. The van der Waals surface area contributed by atoms with Crippen molar-refractivity contribution in [3.05, 3.63) is 48.3 Å². The number of hydrogen-bond acceptors (Lipinski definition) is 4. The maximum atomic E-state index is 11.8. The van der Waals surface area contributed by atoms with Gasteiger partial charge in [0.1, 0.15) is 4.90 Å². The SMILES string of the molecule is CN(CCCNS(=O)(=O)c1cn[nH]c1)Cc1ccccc1. The molecule has 0 bridgehead atoms. The van der Waals surface area contributed by atoms with Gasteiger partial charge in [-0.2, -0.15) is 5.10 Å². The number of sulfonamides is 1. The van der Waals surface area contributed by atoms with Gasteiger partial charge in [-0.3, -0.25) is 5.10 Å². The highest BCUT2D eigenvalue weighted by atomic mass is 32.2. The molecule has 0 amide bonds. The molecule has 0 radical (unpaired) electrons. The van der Waals surface area contributed by atoms with Gasteiger partial charge < -0.3 is 4.90 Å². The molecule has 2 rings (SSSR count). The standard InChI is InChI=1S/C14H20N4O2S/c1-18(12-13-6-3-2-4-7-13)9-5-8-17-21(19,20)14-10-15-16-11-14/h2-4,6-7,10-11,17H,5,8-9,12H2,1H3,(H,15,16). The zero-order valence-corrected chi connectivity index (χ0v) is 12.8. The summed E-state index contributed by atoms with van der Waals surface area (Å²) in [6, 6.07) is 10.2. The molecule has 7 heteroatoms. The third kappa shape index (κ3) is 4.96. The Morgan fingerprint density at radius 2 is 2.05 bits per heavy atom. The first-order valence-electron chi connectivity index (χ1n) is 6.79. The summed E-state index contributed by atoms with van der Waals surface area (Å²) in [5, 5.41) is 6.13. The van der Waals surface area contributed by atoms with Gasteiger partial charge in [0, 0.05) is 19.3 Å². The molecule has 2 N–H and O–H groups in total. The summed E-state index contributed by atoms with van der Waals surface area (Å²) >= 11 is 0. The molecule has 0 aliphatic heterocycles. The predicted octanol–water partition coefficient (Wildman–Crippen LogP) is 1.21. The molecule has 0 aliphatic rings. The maximum Gasteiger partial charge on any atom is 0.243 e. The predicted molar refractivity (Wildman–Crippen MR) is 81.2 cm³/mol. The fraction of sp³-hybridized carbons (Fsp3) is 0.357. The average Bonchev–Trinajstić information content (AvgIpc) is 3.00. The molecule has 0 saturated heterocycles. The quantitative estimate of drug-likeness (QED) is 0.719. The molecule has 6 nitrogen and oxygen atoms in total. The van der Waals surface area contributed by atoms with Crippen LogP contribution in [0, 0.1) is 0 Å². The van der Waals surface area contributed by atoms with Crippen LogP contribution in [0.2, 0.25) is 0 Å². The second-order valence-electron chi connectivity index (χ2n) is 4.91. The molecule has 0 spiro atoms. The van der Waals surface area contributed by atoms with Gasteiger partial charge in [-0.05, 0) is 25.6 Å². The van der Waals surface area contributed by atoms with Crippen molar-refractivity contribution >= 4 is 10.0 Å². The average molecular weight is 308 g/mol. The fourth-order valence-electron chi connectivity index (χ4n) is 2.00. The van der Waals surface area contributed by atoms with Crippen LogP contribution in [0.4, 0.5) is 0 Å². The fourth-order valence-corrected chi connectivity index (χ4v) is 2.98. The Bertz CT molecular complexity index is 626. The van der Waals surface area contributed by atoms with E-state index in [9.17, 15) is 8.42 Å². The Hall–Kier alpha value is -1.70. The third-order valence-corrected chi connectivity index (χ3v) is 4.52. The maximum absolute atomic E-state index is 11.8. The van der Waals surface area contributed by atoms with Crippen molar-refractivity contribution in [2.24, 2.45) is 0 Å². The largest absolute Gasteiger partial charge is 0.302 e. The van der Waals surface area contributed by atoms with Gasteiger partial charge >= 0.3 is 0 Å². The van der Waals surface area contributed by atoms with E-state index in [-0.39, 0.29) is 4.90 Å². The number of nitrogens with zero attached hydrogens (tertiary/aromatic N) is 2. The zero-order chi connectivity index (χ0) is 15.1. The molecule has 1 aromatic carbocycles. The molecule has 0 aliphatic carbocycles. The van der Waals surface area contributed by atoms with E-state index in [0.717, 1.165) is 19.5 Å². The summed E-state index contributed by atoms with van der Waals surface area (Å²) in [7, 11) is -1.41. The lowest BCUT2D eigenvalue weighted by atomic mass is 10.2. The van der Waals surface area contributed by atoms with E-state index in [1.54, 1.807) is 0 Å². The Kier molecular flexibility index (Phi) is 5.49. The normalized spacial score (nSPS) is 11.9. The van der Waals surface area contributed by atoms with Crippen LogP contribution in [-0.2, 0) is 16.6 Å². The number of benzene rings is 1. The first kappa shape index (κ1) is 15.7. The highest BCUT2D eigenvalue weighted by Gasteiger charge is 2.13. The molecule has 0 fully saturated rings. The molecule has 0 unspecified atom stereocenters. The summed E-state index contributed by atoms with van der Waals surface area (Å²) in [6.45, 7) is 2.09. The summed E-state index contributed by atoms with van der Waals surface area (Å²) in [6.07, 6.45) is 3.41. The number of H-pyrrole nitrogens is 1. The lowest BCUT2D eigenvalue weighted by molar-refractivity contribution is 0.322. The second-order valence-corrected chi connectivity index (χ2v) is 6.68. The van der Waals surface area contributed by atoms with E-state index in [1.807, 2.05) is 25.2 Å². The Morgan fingerprint density at radius 1 is 1.29 bits per heavy atom.